The van der Waals surface area contributed by atoms with Crippen molar-refractivity contribution in [2.75, 3.05) is 13.2 Å². The number of hydrogen-bond donors (Lipinski definition) is 0. The van der Waals surface area contributed by atoms with Crippen molar-refractivity contribution in [3.8, 4) is 5.75 Å². The van der Waals surface area contributed by atoms with Crippen LogP contribution in [0.5, 0.6) is 5.75 Å². The van der Waals surface area contributed by atoms with Crippen LogP contribution in [0.15, 0.2) is 58.5 Å². The van der Waals surface area contributed by atoms with Gasteiger partial charge in [-0.15, -0.1) is 0 Å². The fourth-order valence-electron chi connectivity index (χ4n) is 3.72. The number of fused-ring (bicyclic) bond motifs is 1. The molecule has 0 N–H and O–H groups in total. The molecule has 0 radical (unpaired) electrons. The molecule has 162 valence electrons. The normalized spacial score (nSPS) is 17.0. The highest BCUT2D eigenvalue weighted by atomic mass is 32.2. The van der Waals surface area contributed by atoms with Gasteiger partial charge in [-0.1, -0.05) is 23.9 Å². The van der Waals surface area contributed by atoms with Gasteiger partial charge in [-0.05, 0) is 63.1 Å². The topological polar surface area (TPSA) is 70.4 Å². The lowest BCUT2D eigenvalue weighted by Gasteiger charge is -2.18. The van der Waals surface area contributed by atoms with Gasteiger partial charge in [0.25, 0.3) is 5.56 Å². The molecule has 31 heavy (non-hydrogen) atoms. The zero-order chi connectivity index (χ0) is 21.8. The summed E-state index contributed by atoms with van der Waals surface area (Å²) in [6.45, 7) is 5.51. The van der Waals surface area contributed by atoms with E-state index in [9.17, 15) is 9.59 Å². The van der Waals surface area contributed by atoms with Crippen LogP contribution >= 0.6 is 11.8 Å². The quantitative estimate of drug-likeness (QED) is 0.296. The van der Waals surface area contributed by atoms with Gasteiger partial charge in [0, 0.05) is 12.2 Å². The number of thioether (sulfide) groups is 1. The molecule has 2 atom stereocenters. The highest BCUT2D eigenvalue weighted by Gasteiger charge is 2.23. The summed E-state index contributed by atoms with van der Waals surface area (Å²) < 4.78 is 12.9. The van der Waals surface area contributed by atoms with E-state index in [1.165, 1.54) is 11.8 Å². The number of ether oxygens (including phenoxy) is 2. The predicted molar refractivity (Wildman–Crippen MR) is 122 cm³/mol. The van der Waals surface area contributed by atoms with Crippen molar-refractivity contribution in [2.45, 2.75) is 49.7 Å². The Morgan fingerprint density at radius 3 is 2.74 bits per heavy atom. The summed E-state index contributed by atoms with van der Waals surface area (Å²) in [6.07, 6.45) is 1.91. The molecule has 0 amide bonds. The lowest BCUT2D eigenvalue weighted by atomic mass is 10.1. The first-order valence-electron chi connectivity index (χ1n) is 10.6. The molecule has 3 aromatic rings. The van der Waals surface area contributed by atoms with E-state index in [0.29, 0.717) is 34.8 Å². The molecule has 1 aliphatic heterocycles. The van der Waals surface area contributed by atoms with Gasteiger partial charge in [-0.2, -0.15) is 0 Å². The number of carbonyl (C=O) groups is 1. The Labute approximate surface area is 185 Å². The number of hydrogen-bond acceptors (Lipinski definition) is 6. The summed E-state index contributed by atoms with van der Waals surface area (Å²) in [5.74, 6) is 0.722. The number of Topliss-reactive ketones (excluding diaryl/α,β-unsaturated/α-hetero) is 1. The average Bonchev–Trinajstić information content (AvgIpc) is 3.30. The fraction of sp³-hybridized carbons (Fsp3) is 0.375. The number of benzene rings is 2. The summed E-state index contributed by atoms with van der Waals surface area (Å²) in [4.78, 5) is 31.0. The van der Waals surface area contributed by atoms with Crippen LogP contribution in [0.3, 0.4) is 0 Å². The highest BCUT2D eigenvalue weighted by molar-refractivity contribution is 8.00. The van der Waals surface area contributed by atoms with Crippen molar-refractivity contribution in [2.24, 2.45) is 0 Å². The fourth-order valence-corrected chi connectivity index (χ4v) is 4.71. The van der Waals surface area contributed by atoms with E-state index in [4.69, 9.17) is 14.5 Å². The van der Waals surface area contributed by atoms with Crippen molar-refractivity contribution in [1.82, 2.24) is 9.55 Å². The Balaban J connectivity index is 1.62. The van der Waals surface area contributed by atoms with Gasteiger partial charge in [0.15, 0.2) is 10.9 Å². The molecule has 2 heterocycles. The van der Waals surface area contributed by atoms with Crippen LogP contribution in [-0.4, -0.2) is 39.9 Å². The maximum atomic E-state index is 13.2. The van der Waals surface area contributed by atoms with Crippen LogP contribution in [0.1, 0.15) is 37.0 Å². The van der Waals surface area contributed by atoms with E-state index in [2.05, 4.69) is 0 Å². The van der Waals surface area contributed by atoms with Gasteiger partial charge >= 0.3 is 0 Å². The minimum Gasteiger partial charge on any atom is -0.494 e. The number of ketones is 1. The Kier molecular flexibility index (Phi) is 6.73. The van der Waals surface area contributed by atoms with Crippen LogP contribution in [0, 0.1) is 0 Å². The molecular weight excluding hydrogens is 412 g/mol. The molecule has 1 saturated heterocycles. The summed E-state index contributed by atoms with van der Waals surface area (Å²) in [6, 6.07) is 14.5. The zero-order valence-electron chi connectivity index (χ0n) is 17.7. The Morgan fingerprint density at radius 1 is 1.26 bits per heavy atom. The van der Waals surface area contributed by atoms with E-state index >= 15 is 0 Å². The highest BCUT2D eigenvalue weighted by Crippen LogP contribution is 2.27. The molecule has 7 heteroatoms. The first-order chi connectivity index (χ1) is 15.1. The summed E-state index contributed by atoms with van der Waals surface area (Å²) >= 11 is 1.32. The molecule has 6 nitrogen and oxygen atoms in total. The molecule has 1 fully saturated rings. The number of nitrogens with zero attached hydrogens (tertiary/aromatic N) is 2. The Morgan fingerprint density at radius 2 is 2.03 bits per heavy atom. The standard InChI is InChI=1S/C24H26N2O4S/c1-3-29-18-12-10-17(11-13-18)22(27)16(2)31-24-25-21-9-5-4-8-20(21)23(28)26(24)15-19-7-6-14-30-19/h4-5,8-13,16,19H,3,6-7,14-15H2,1-2H3/t16-,19-/m0/s1. The minimum absolute atomic E-state index is 0.00266. The van der Waals surface area contributed by atoms with Gasteiger partial charge in [0.1, 0.15) is 5.75 Å². The molecule has 4 rings (SSSR count). The first kappa shape index (κ1) is 21.6. The van der Waals surface area contributed by atoms with Crippen molar-refractivity contribution < 1.29 is 14.3 Å². The predicted octanol–water partition coefficient (Wildman–Crippen LogP) is 4.34. The van der Waals surface area contributed by atoms with Crippen molar-refractivity contribution >= 4 is 28.4 Å². The second-order valence-electron chi connectivity index (χ2n) is 7.54. The van der Waals surface area contributed by atoms with Crippen molar-refractivity contribution in [1.29, 1.82) is 0 Å². The SMILES string of the molecule is CCOc1ccc(C(=O)[C@H](C)Sc2nc3ccccc3c(=O)n2C[C@@H]2CCCO2)cc1. The lowest BCUT2D eigenvalue weighted by Crippen LogP contribution is -2.29. The van der Waals surface area contributed by atoms with E-state index in [1.807, 2.05) is 32.0 Å². The second kappa shape index (κ2) is 9.66. The van der Waals surface area contributed by atoms with Gasteiger partial charge < -0.3 is 9.47 Å². The summed E-state index contributed by atoms with van der Waals surface area (Å²) in [5.41, 5.74) is 1.15. The molecule has 0 bridgehead atoms. The third-order valence-electron chi connectivity index (χ3n) is 5.34. The molecule has 1 aromatic heterocycles. The molecular formula is C24H26N2O4S. The molecule has 0 unspecified atom stereocenters. The first-order valence-corrected chi connectivity index (χ1v) is 11.5. The van der Waals surface area contributed by atoms with Crippen LogP contribution in [-0.2, 0) is 11.3 Å². The number of para-hydroxylation sites is 1. The number of carbonyl (C=O) groups excluding carboxylic acids is 1. The van der Waals surface area contributed by atoms with Crippen LogP contribution in [0.4, 0.5) is 0 Å². The number of rotatable bonds is 8. The average molecular weight is 439 g/mol. The smallest absolute Gasteiger partial charge is 0.262 e. The van der Waals surface area contributed by atoms with Gasteiger partial charge in [-0.3, -0.25) is 14.2 Å². The maximum absolute atomic E-state index is 13.2. The van der Waals surface area contributed by atoms with E-state index in [-0.39, 0.29) is 17.4 Å². The van der Waals surface area contributed by atoms with E-state index in [1.54, 1.807) is 34.9 Å². The third-order valence-corrected chi connectivity index (χ3v) is 6.43. The molecule has 2 aromatic carbocycles. The summed E-state index contributed by atoms with van der Waals surface area (Å²) in [7, 11) is 0. The third kappa shape index (κ3) is 4.83. The van der Waals surface area contributed by atoms with Crippen LogP contribution < -0.4 is 10.3 Å². The van der Waals surface area contributed by atoms with Gasteiger partial charge in [0.05, 0.1) is 35.4 Å². The number of aromatic nitrogens is 2. The summed E-state index contributed by atoms with van der Waals surface area (Å²) in [5, 5.41) is 0.725. The van der Waals surface area contributed by atoms with Gasteiger partial charge in [0.2, 0.25) is 0 Å². The molecule has 1 aliphatic rings. The zero-order valence-corrected chi connectivity index (χ0v) is 18.6. The van der Waals surface area contributed by atoms with Gasteiger partial charge in [-0.25, -0.2) is 4.98 Å². The van der Waals surface area contributed by atoms with Crippen LogP contribution in [0.25, 0.3) is 10.9 Å². The van der Waals surface area contributed by atoms with E-state index in [0.717, 1.165) is 25.2 Å². The van der Waals surface area contributed by atoms with Crippen molar-refractivity contribution in [3.05, 3.63) is 64.4 Å². The Bertz CT molecular complexity index is 1120. The maximum Gasteiger partial charge on any atom is 0.262 e. The Hall–Kier alpha value is -2.64. The largest absolute Gasteiger partial charge is 0.494 e. The monoisotopic (exact) mass is 438 g/mol. The second-order valence-corrected chi connectivity index (χ2v) is 8.85. The molecule has 0 saturated carbocycles. The van der Waals surface area contributed by atoms with Crippen LogP contribution in [0.2, 0.25) is 0 Å². The molecule has 0 aliphatic carbocycles. The lowest BCUT2D eigenvalue weighted by molar-refractivity contribution is 0.0937. The minimum atomic E-state index is -0.401. The molecule has 0 spiro atoms. The van der Waals surface area contributed by atoms with Crippen molar-refractivity contribution in [3.63, 3.8) is 0 Å². The van der Waals surface area contributed by atoms with E-state index < -0.39 is 5.25 Å².